The van der Waals surface area contributed by atoms with Crippen molar-refractivity contribution < 1.29 is 25.2 Å². The summed E-state index contributed by atoms with van der Waals surface area (Å²) in [6, 6.07) is 6.19. The lowest BCUT2D eigenvalue weighted by atomic mass is 9.76. The summed E-state index contributed by atoms with van der Waals surface area (Å²) in [5.41, 5.74) is 3.37. The van der Waals surface area contributed by atoms with Crippen LogP contribution in [-0.4, -0.2) is 57.8 Å². The highest BCUT2D eigenvalue weighted by atomic mass is 16.4. The predicted octanol–water partition coefficient (Wildman–Crippen LogP) is 0.728. The van der Waals surface area contributed by atoms with E-state index >= 15 is 0 Å². The molecule has 2 aliphatic heterocycles. The van der Waals surface area contributed by atoms with Crippen LogP contribution in [0.15, 0.2) is 18.2 Å². The third kappa shape index (κ3) is 3.39. The highest BCUT2D eigenvalue weighted by Crippen LogP contribution is 2.44. The predicted molar refractivity (Wildman–Crippen MR) is 98.0 cm³/mol. The third-order valence-corrected chi connectivity index (χ3v) is 5.96. The van der Waals surface area contributed by atoms with Gasteiger partial charge in [-0.25, -0.2) is 0 Å². The maximum absolute atomic E-state index is 13.2. The van der Waals surface area contributed by atoms with Gasteiger partial charge in [0, 0.05) is 12.5 Å². The van der Waals surface area contributed by atoms with Crippen LogP contribution >= 0.6 is 0 Å². The minimum Gasteiger partial charge on any atom is -0.394 e. The average Bonchev–Trinajstić information content (AvgIpc) is 2.75. The summed E-state index contributed by atoms with van der Waals surface area (Å²) in [6.45, 7) is 4.41. The van der Waals surface area contributed by atoms with Crippen molar-refractivity contribution in [2.24, 2.45) is 5.92 Å². The van der Waals surface area contributed by atoms with Gasteiger partial charge in [-0.05, 0) is 42.2 Å². The monoisotopic (exact) mass is 363 g/mol. The molecule has 26 heavy (non-hydrogen) atoms. The van der Waals surface area contributed by atoms with Crippen LogP contribution in [-0.2, 0) is 16.6 Å². The molecule has 4 N–H and O–H groups in total. The van der Waals surface area contributed by atoms with Gasteiger partial charge in [0.15, 0.2) is 0 Å². The Hall–Kier alpha value is -1.47. The number of amides is 1. The smallest absolute Gasteiger partial charge is 0.230 e. The Kier molecular flexibility index (Phi) is 5.40. The van der Waals surface area contributed by atoms with Gasteiger partial charge in [-0.1, -0.05) is 32.0 Å². The van der Waals surface area contributed by atoms with Crippen LogP contribution in [0.1, 0.15) is 44.2 Å². The zero-order valence-corrected chi connectivity index (χ0v) is 15.4. The van der Waals surface area contributed by atoms with Crippen molar-refractivity contribution in [2.75, 3.05) is 18.1 Å². The Bertz CT molecular complexity index is 674. The highest BCUT2D eigenvalue weighted by molar-refractivity contribution is 5.98. The number of rotatable bonds is 5. The molecule has 0 spiro atoms. The maximum atomic E-state index is 13.2. The van der Waals surface area contributed by atoms with E-state index in [0.29, 0.717) is 13.0 Å². The summed E-state index contributed by atoms with van der Waals surface area (Å²) in [6.07, 6.45) is -1.87. The number of aryl methyl sites for hydroxylation is 1. The van der Waals surface area contributed by atoms with Gasteiger partial charge in [0.2, 0.25) is 5.91 Å². The van der Waals surface area contributed by atoms with E-state index in [2.05, 4.69) is 26.0 Å². The molecule has 0 aliphatic carbocycles. The first-order chi connectivity index (χ1) is 12.3. The highest BCUT2D eigenvalue weighted by Gasteiger charge is 2.40. The molecule has 0 aromatic heterocycles. The van der Waals surface area contributed by atoms with Gasteiger partial charge in [0.1, 0.15) is 12.2 Å². The molecular formula is C20H29NO5. The average molecular weight is 363 g/mol. The fraction of sp³-hybridized carbons (Fsp3) is 0.650. The van der Waals surface area contributed by atoms with Crippen LogP contribution in [0.5, 0.6) is 0 Å². The standard InChI is InChI=1S/C20H29NO5/c1-20(2)8-9-21-17-12(4-3-5-14(17)20)6-7-13(19(21)26)10-15(23)18(25)16(24)11-22/h3-5,13,15-16,18,22-25H,6-11H2,1-2H3. The van der Waals surface area contributed by atoms with Crippen molar-refractivity contribution in [1.82, 2.24) is 0 Å². The van der Waals surface area contributed by atoms with Gasteiger partial charge in [-0.3, -0.25) is 4.79 Å². The van der Waals surface area contributed by atoms with Gasteiger partial charge in [0.05, 0.1) is 18.4 Å². The second-order valence-corrected chi connectivity index (χ2v) is 8.22. The van der Waals surface area contributed by atoms with Crippen LogP contribution in [0.2, 0.25) is 0 Å². The molecule has 4 unspecified atom stereocenters. The summed E-state index contributed by atoms with van der Waals surface area (Å²) >= 11 is 0. The number of hydrogen-bond donors (Lipinski definition) is 4. The molecular weight excluding hydrogens is 334 g/mol. The van der Waals surface area contributed by atoms with Gasteiger partial charge in [-0.2, -0.15) is 0 Å². The van der Waals surface area contributed by atoms with E-state index in [0.717, 1.165) is 24.1 Å². The third-order valence-electron chi connectivity index (χ3n) is 5.96. The Morgan fingerprint density at radius 3 is 2.65 bits per heavy atom. The van der Waals surface area contributed by atoms with Crippen molar-refractivity contribution in [3.63, 3.8) is 0 Å². The van der Waals surface area contributed by atoms with Gasteiger partial charge < -0.3 is 25.3 Å². The Morgan fingerprint density at radius 2 is 1.96 bits per heavy atom. The number of aliphatic hydroxyl groups excluding tert-OH is 4. The number of para-hydroxylation sites is 1. The van der Waals surface area contributed by atoms with Crippen LogP contribution in [0.4, 0.5) is 5.69 Å². The molecule has 0 saturated carbocycles. The van der Waals surface area contributed by atoms with E-state index in [1.807, 2.05) is 11.0 Å². The van der Waals surface area contributed by atoms with Crippen LogP contribution in [0.25, 0.3) is 0 Å². The van der Waals surface area contributed by atoms with Crippen molar-refractivity contribution in [3.05, 3.63) is 29.3 Å². The first-order valence-electron chi connectivity index (χ1n) is 9.35. The fourth-order valence-corrected chi connectivity index (χ4v) is 4.20. The number of nitrogens with zero attached hydrogens (tertiary/aromatic N) is 1. The van der Waals surface area contributed by atoms with E-state index < -0.39 is 30.8 Å². The Morgan fingerprint density at radius 1 is 1.23 bits per heavy atom. The van der Waals surface area contributed by atoms with Crippen molar-refractivity contribution in [2.45, 2.75) is 63.3 Å². The first-order valence-corrected chi connectivity index (χ1v) is 9.35. The lowest BCUT2D eigenvalue weighted by Crippen LogP contribution is -2.45. The van der Waals surface area contributed by atoms with Crippen molar-refractivity contribution in [1.29, 1.82) is 0 Å². The normalized spacial score (nSPS) is 25.2. The van der Waals surface area contributed by atoms with Gasteiger partial charge >= 0.3 is 0 Å². The number of anilines is 1. The molecule has 3 rings (SSSR count). The topological polar surface area (TPSA) is 101 Å². The summed E-state index contributed by atoms with van der Waals surface area (Å²) in [7, 11) is 0. The van der Waals surface area contributed by atoms with Crippen molar-refractivity contribution in [3.8, 4) is 0 Å². The zero-order valence-electron chi connectivity index (χ0n) is 15.4. The largest absolute Gasteiger partial charge is 0.394 e. The number of aliphatic hydroxyl groups is 4. The molecule has 2 heterocycles. The van der Waals surface area contributed by atoms with E-state index in [9.17, 15) is 20.1 Å². The second-order valence-electron chi connectivity index (χ2n) is 8.22. The summed E-state index contributed by atoms with van der Waals surface area (Å²) in [5, 5.41) is 38.6. The molecule has 0 fully saturated rings. The first kappa shape index (κ1) is 19.3. The molecule has 4 atom stereocenters. The maximum Gasteiger partial charge on any atom is 0.230 e. The van der Waals surface area contributed by atoms with Crippen LogP contribution in [0, 0.1) is 5.92 Å². The molecule has 0 bridgehead atoms. The molecule has 6 heteroatoms. The molecule has 0 radical (unpaired) electrons. The second kappa shape index (κ2) is 7.27. The lowest BCUT2D eigenvalue weighted by Gasteiger charge is -2.40. The quantitative estimate of drug-likeness (QED) is 0.618. The molecule has 6 nitrogen and oxygen atoms in total. The van der Waals surface area contributed by atoms with E-state index in [4.69, 9.17) is 5.11 Å². The summed E-state index contributed by atoms with van der Waals surface area (Å²) in [4.78, 5) is 15.0. The van der Waals surface area contributed by atoms with Crippen LogP contribution < -0.4 is 4.90 Å². The minimum atomic E-state index is -1.46. The minimum absolute atomic E-state index is 0.0168. The number of hydrogen-bond acceptors (Lipinski definition) is 5. The summed E-state index contributed by atoms with van der Waals surface area (Å²) < 4.78 is 0. The molecule has 1 aromatic carbocycles. The molecule has 144 valence electrons. The Balaban J connectivity index is 1.85. The fourth-order valence-electron chi connectivity index (χ4n) is 4.20. The van der Waals surface area contributed by atoms with Crippen LogP contribution in [0.3, 0.4) is 0 Å². The number of carbonyl (C=O) groups excluding carboxylic acids is 1. The van der Waals surface area contributed by atoms with E-state index in [1.54, 1.807) is 0 Å². The molecule has 0 saturated heterocycles. The van der Waals surface area contributed by atoms with E-state index in [1.165, 1.54) is 5.56 Å². The molecule has 2 aliphatic rings. The van der Waals surface area contributed by atoms with E-state index in [-0.39, 0.29) is 17.7 Å². The molecule has 1 aromatic rings. The zero-order chi connectivity index (χ0) is 19.1. The lowest BCUT2D eigenvalue weighted by molar-refractivity contribution is -0.126. The Labute approximate surface area is 154 Å². The number of benzene rings is 1. The van der Waals surface area contributed by atoms with Crippen molar-refractivity contribution >= 4 is 11.6 Å². The molecule has 1 amide bonds. The SMILES string of the molecule is CC1(C)CCN2C(=O)C(CC(O)C(O)C(O)CO)CCc3cccc1c32. The van der Waals surface area contributed by atoms with Gasteiger partial charge in [-0.15, -0.1) is 0 Å². The summed E-state index contributed by atoms with van der Waals surface area (Å²) in [5.74, 6) is -0.455. The number of carbonyl (C=O) groups is 1. The van der Waals surface area contributed by atoms with Gasteiger partial charge in [0.25, 0.3) is 0 Å².